The first-order chi connectivity index (χ1) is 13.4. The number of nitrogens with zero attached hydrogens (tertiary/aromatic N) is 3. The number of alkyl halides is 3. The van der Waals surface area contributed by atoms with Crippen LogP contribution in [0.2, 0.25) is 0 Å². The van der Waals surface area contributed by atoms with Crippen LogP contribution in [-0.2, 0) is 6.18 Å². The van der Waals surface area contributed by atoms with Gasteiger partial charge >= 0.3 is 6.18 Å². The van der Waals surface area contributed by atoms with Gasteiger partial charge in [-0.05, 0) is 36.4 Å². The van der Waals surface area contributed by atoms with Crippen molar-refractivity contribution in [2.24, 2.45) is 0 Å². The summed E-state index contributed by atoms with van der Waals surface area (Å²) in [6, 6.07) is 21.8. The molecular weight excluding hydrogens is 431 g/mol. The normalized spacial score (nSPS) is 11.6. The van der Waals surface area contributed by atoms with E-state index in [0.717, 1.165) is 27.9 Å². The van der Waals surface area contributed by atoms with Gasteiger partial charge in [-0.1, -0.05) is 58.4 Å². The predicted octanol–water partition coefficient (Wildman–Crippen LogP) is 6.38. The minimum absolute atomic E-state index is 0.468. The van der Waals surface area contributed by atoms with Crippen LogP contribution < -0.4 is 0 Å². The molecule has 0 saturated carbocycles. The second-order valence-corrected chi connectivity index (χ2v) is 7.00. The predicted molar refractivity (Wildman–Crippen MR) is 105 cm³/mol. The topological polar surface area (TPSA) is 30.7 Å². The molecular formula is C21H13BrF3N3. The SMILES string of the molecule is FC(F)(F)c1ccc(-c2nc(-c3ccccc3)nn2-c2ccc(Br)cc2)cc1. The molecule has 0 aliphatic carbocycles. The van der Waals surface area contributed by atoms with E-state index >= 15 is 0 Å². The van der Waals surface area contributed by atoms with E-state index in [1.54, 1.807) is 4.68 Å². The standard InChI is InChI=1S/C21H13BrF3N3/c22-17-10-12-18(13-11-17)28-20(15-6-8-16(9-7-15)21(23,24)25)26-19(27-28)14-4-2-1-3-5-14/h1-13H. The maximum atomic E-state index is 12.9. The molecule has 0 amide bonds. The number of aromatic nitrogens is 3. The van der Waals surface area contributed by atoms with Crippen molar-refractivity contribution in [2.75, 3.05) is 0 Å². The molecule has 3 aromatic carbocycles. The third-order valence-electron chi connectivity index (χ3n) is 4.18. The van der Waals surface area contributed by atoms with Gasteiger partial charge in [0.15, 0.2) is 11.6 Å². The number of hydrogen-bond donors (Lipinski definition) is 0. The number of rotatable bonds is 3. The van der Waals surface area contributed by atoms with E-state index in [-0.39, 0.29) is 0 Å². The second kappa shape index (κ2) is 7.24. The summed E-state index contributed by atoms with van der Waals surface area (Å²) in [5.41, 5.74) is 1.43. The molecule has 1 heterocycles. The minimum Gasteiger partial charge on any atom is -0.213 e. The van der Waals surface area contributed by atoms with E-state index in [4.69, 9.17) is 0 Å². The van der Waals surface area contributed by atoms with Gasteiger partial charge in [0.25, 0.3) is 0 Å². The van der Waals surface area contributed by atoms with Crippen LogP contribution in [0.15, 0.2) is 83.3 Å². The summed E-state index contributed by atoms with van der Waals surface area (Å²) < 4.78 is 41.2. The van der Waals surface area contributed by atoms with Gasteiger partial charge in [-0.25, -0.2) is 9.67 Å². The molecule has 0 spiro atoms. The summed E-state index contributed by atoms with van der Waals surface area (Å²) >= 11 is 3.40. The van der Waals surface area contributed by atoms with Crippen molar-refractivity contribution in [3.8, 4) is 28.5 Å². The summed E-state index contributed by atoms with van der Waals surface area (Å²) in [7, 11) is 0. The van der Waals surface area contributed by atoms with Crippen molar-refractivity contribution in [1.82, 2.24) is 14.8 Å². The zero-order valence-electron chi connectivity index (χ0n) is 14.4. The van der Waals surface area contributed by atoms with E-state index in [1.807, 2.05) is 54.6 Å². The van der Waals surface area contributed by atoms with Crippen LogP contribution in [-0.4, -0.2) is 14.8 Å². The number of hydrogen-bond acceptors (Lipinski definition) is 2. The molecule has 4 aromatic rings. The fourth-order valence-corrected chi connectivity index (χ4v) is 3.04. The fourth-order valence-electron chi connectivity index (χ4n) is 2.78. The summed E-state index contributed by atoms with van der Waals surface area (Å²) in [6.07, 6.45) is -4.38. The average molecular weight is 444 g/mol. The highest BCUT2D eigenvalue weighted by molar-refractivity contribution is 9.10. The summed E-state index contributed by atoms with van der Waals surface area (Å²) in [6.45, 7) is 0. The lowest BCUT2D eigenvalue weighted by Gasteiger charge is -2.09. The summed E-state index contributed by atoms with van der Waals surface area (Å²) in [4.78, 5) is 4.60. The maximum Gasteiger partial charge on any atom is 0.416 e. The van der Waals surface area contributed by atoms with E-state index in [9.17, 15) is 13.2 Å². The minimum atomic E-state index is -4.38. The molecule has 28 heavy (non-hydrogen) atoms. The van der Waals surface area contributed by atoms with Gasteiger partial charge in [0, 0.05) is 15.6 Å². The molecule has 0 bridgehead atoms. The van der Waals surface area contributed by atoms with Crippen LogP contribution in [0.4, 0.5) is 13.2 Å². The van der Waals surface area contributed by atoms with Crippen molar-refractivity contribution < 1.29 is 13.2 Å². The monoisotopic (exact) mass is 443 g/mol. The van der Waals surface area contributed by atoms with Gasteiger partial charge < -0.3 is 0 Å². The number of benzene rings is 3. The largest absolute Gasteiger partial charge is 0.416 e. The molecule has 0 aliphatic rings. The highest BCUT2D eigenvalue weighted by Gasteiger charge is 2.30. The Balaban J connectivity index is 1.85. The Morgan fingerprint density at radius 2 is 1.39 bits per heavy atom. The molecule has 7 heteroatoms. The Morgan fingerprint density at radius 3 is 2.00 bits per heavy atom. The molecule has 3 nitrogen and oxygen atoms in total. The van der Waals surface area contributed by atoms with E-state index in [0.29, 0.717) is 17.2 Å². The van der Waals surface area contributed by atoms with Gasteiger partial charge in [0.1, 0.15) is 0 Å². The first kappa shape index (κ1) is 18.4. The Bertz CT molecular complexity index is 1090. The smallest absolute Gasteiger partial charge is 0.213 e. The molecule has 4 rings (SSSR count). The van der Waals surface area contributed by atoms with E-state index in [1.165, 1.54) is 12.1 Å². The third-order valence-corrected chi connectivity index (χ3v) is 4.71. The number of halogens is 4. The van der Waals surface area contributed by atoms with Crippen LogP contribution in [0.3, 0.4) is 0 Å². The van der Waals surface area contributed by atoms with E-state index < -0.39 is 11.7 Å². The van der Waals surface area contributed by atoms with Crippen molar-refractivity contribution in [3.63, 3.8) is 0 Å². The lowest BCUT2D eigenvalue weighted by Crippen LogP contribution is -2.04. The van der Waals surface area contributed by atoms with Gasteiger partial charge in [-0.15, -0.1) is 5.10 Å². The molecule has 0 radical (unpaired) electrons. The van der Waals surface area contributed by atoms with E-state index in [2.05, 4.69) is 26.0 Å². The van der Waals surface area contributed by atoms with Gasteiger partial charge in [-0.2, -0.15) is 13.2 Å². The van der Waals surface area contributed by atoms with Gasteiger partial charge in [0.05, 0.1) is 11.3 Å². The zero-order chi connectivity index (χ0) is 19.7. The molecule has 0 N–H and O–H groups in total. The Labute approximate surface area is 167 Å². The van der Waals surface area contributed by atoms with Crippen molar-refractivity contribution >= 4 is 15.9 Å². The third kappa shape index (κ3) is 3.71. The highest BCUT2D eigenvalue weighted by atomic mass is 79.9. The molecule has 0 fully saturated rings. The van der Waals surface area contributed by atoms with Crippen molar-refractivity contribution in [1.29, 1.82) is 0 Å². The molecule has 0 aliphatic heterocycles. The van der Waals surface area contributed by atoms with Gasteiger partial charge in [-0.3, -0.25) is 0 Å². The Kier molecular flexibility index (Phi) is 4.77. The molecule has 0 unspecified atom stereocenters. The lowest BCUT2D eigenvalue weighted by molar-refractivity contribution is -0.137. The molecule has 140 valence electrons. The van der Waals surface area contributed by atoms with Crippen LogP contribution in [0.1, 0.15) is 5.56 Å². The molecule has 0 atom stereocenters. The first-order valence-electron chi connectivity index (χ1n) is 8.38. The van der Waals surface area contributed by atoms with Crippen molar-refractivity contribution in [2.45, 2.75) is 6.18 Å². The van der Waals surface area contributed by atoms with Crippen LogP contribution in [0.25, 0.3) is 28.5 Å². The van der Waals surface area contributed by atoms with Gasteiger partial charge in [0.2, 0.25) is 0 Å². The average Bonchev–Trinajstić information content (AvgIpc) is 3.14. The lowest BCUT2D eigenvalue weighted by atomic mass is 10.1. The highest BCUT2D eigenvalue weighted by Crippen LogP contribution is 2.32. The first-order valence-corrected chi connectivity index (χ1v) is 9.17. The Hall–Kier alpha value is -2.93. The maximum absolute atomic E-state index is 12.9. The van der Waals surface area contributed by atoms with Crippen LogP contribution in [0.5, 0.6) is 0 Å². The second-order valence-electron chi connectivity index (χ2n) is 6.09. The molecule has 0 saturated heterocycles. The fraction of sp³-hybridized carbons (Fsp3) is 0.0476. The summed E-state index contributed by atoms with van der Waals surface area (Å²) in [5, 5.41) is 4.60. The van der Waals surface area contributed by atoms with Crippen LogP contribution >= 0.6 is 15.9 Å². The zero-order valence-corrected chi connectivity index (χ0v) is 15.9. The summed E-state index contributed by atoms with van der Waals surface area (Å²) in [5.74, 6) is 0.966. The van der Waals surface area contributed by atoms with Crippen LogP contribution in [0, 0.1) is 0 Å². The Morgan fingerprint density at radius 1 is 0.750 bits per heavy atom. The molecule has 1 aromatic heterocycles. The quantitative estimate of drug-likeness (QED) is 0.367. The van der Waals surface area contributed by atoms with Crippen molar-refractivity contribution in [3.05, 3.63) is 88.9 Å².